The molecule has 4 aromatic carbocycles. The Labute approximate surface area is 417 Å². The van der Waals surface area contributed by atoms with Crippen LogP contribution in [-0.2, 0) is 20.7 Å². The summed E-state index contributed by atoms with van der Waals surface area (Å²) in [5, 5.41) is 35.8. The second kappa shape index (κ2) is 23.9. The van der Waals surface area contributed by atoms with Crippen molar-refractivity contribution < 1.29 is 40.2 Å². The van der Waals surface area contributed by atoms with Gasteiger partial charge in [0, 0.05) is 44.1 Å². The quantitative estimate of drug-likeness (QED) is 0.0313. The Morgan fingerprint density at radius 3 is 1.63 bits per heavy atom. The van der Waals surface area contributed by atoms with Gasteiger partial charge >= 0.3 is 10.6 Å². The molecule has 3 aromatic heterocycles. The van der Waals surface area contributed by atoms with Crippen LogP contribution in [0.15, 0.2) is 85.1 Å². The highest BCUT2D eigenvalue weighted by molar-refractivity contribution is 7.99. The van der Waals surface area contributed by atoms with E-state index in [4.69, 9.17) is 37.1 Å². The third kappa shape index (κ3) is 13.2. The minimum Gasteiger partial charge on any atom is -0.494 e. The molecule has 22 nitrogen and oxygen atoms in total. The number of benzene rings is 4. The highest BCUT2D eigenvalue weighted by Crippen LogP contribution is 2.43. The molecular weight excluding hydrogens is 1000 g/mol. The van der Waals surface area contributed by atoms with Crippen molar-refractivity contribution >= 4 is 132 Å². The van der Waals surface area contributed by atoms with E-state index in [0.717, 1.165) is 27.2 Å². The van der Waals surface area contributed by atoms with Gasteiger partial charge in [-0.2, -0.15) is 23.4 Å². The topological polar surface area (TPSA) is 289 Å². The number of thioether (sulfide) groups is 1. The van der Waals surface area contributed by atoms with Crippen molar-refractivity contribution in [3.8, 4) is 11.5 Å². The first-order valence-corrected chi connectivity index (χ1v) is 26.4. The Morgan fingerprint density at radius 1 is 0.686 bits per heavy atom. The fraction of sp³-hybridized carbons (Fsp3) is 0.326. The number of hydrogen-bond acceptors (Lipinski definition) is 24. The Morgan fingerprint density at radius 2 is 1.17 bits per heavy atom. The average Bonchev–Trinajstić information content (AvgIpc) is 3.92. The third-order valence-corrected chi connectivity index (χ3v) is 13.8. The van der Waals surface area contributed by atoms with Crippen molar-refractivity contribution in [2.75, 3.05) is 73.2 Å². The summed E-state index contributed by atoms with van der Waals surface area (Å²) in [6.07, 6.45) is 0. The average molecular weight is 1050 g/mol. The highest BCUT2D eigenvalue weighted by atomic mass is 32.2. The molecule has 0 aliphatic rings. The molecule has 3 heterocycles. The molecule has 0 aliphatic carbocycles. The second-order valence-electron chi connectivity index (χ2n) is 14.6. The maximum atomic E-state index is 12.0. The summed E-state index contributed by atoms with van der Waals surface area (Å²) in [6.45, 7) is 14.5. The molecule has 0 radical (unpaired) electrons. The highest BCUT2D eigenvalue weighted by Gasteiger charge is 2.21. The monoisotopic (exact) mass is 1050 g/mol. The minimum absolute atomic E-state index is 0.109. The number of aromatic nitrogens is 5. The van der Waals surface area contributed by atoms with E-state index in [1.165, 1.54) is 40.5 Å². The lowest BCUT2D eigenvalue weighted by Crippen LogP contribution is -2.22. The lowest BCUT2D eigenvalue weighted by molar-refractivity contribution is 0.322. The van der Waals surface area contributed by atoms with E-state index in [2.05, 4.69) is 70.8 Å². The lowest BCUT2D eigenvalue weighted by atomic mass is 10.2. The maximum Gasteiger partial charge on any atom is 0.425 e. The standard InChI is InChI=1S/C43H49N13O6S4.O3S/c1-9-55(10-2)32-19-27(29(21-34(32)61-7)51-53-42-46-26-14-13-24(5)17-36(26)64-42)44-39-48-40(50-41(49-39)63-16-15-57)45-28-20-33(56(11-3)12-4)35(62-8)22-30(28)52-54-43-47-31-23-38(66(58,59)60)25(6)18-37(31)65-43;1-4(2)3/h13-14,17-23,57H,9-12,15-16H2,1-8H3,(H,58,59,60)(H2,44,45,48,49,50);. The SMILES string of the molecule is CCN(CC)c1cc(Nc2nc(Nc3cc(N(CC)CC)c(OC)cc3N=Nc3nc4cc(S(=O)(=O)O)c(C)cc4s3)nc(SCCO)n2)c(N=Nc2nc3ccc(C)cc3s2)cc1OC.O=S(=O)=O. The first kappa shape index (κ1) is 52.9. The van der Waals surface area contributed by atoms with Gasteiger partial charge in [0.15, 0.2) is 5.16 Å². The van der Waals surface area contributed by atoms with Crippen LogP contribution in [0.4, 0.5) is 56.3 Å². The molecule has 27 heteroatoms. The van der Waals surface area contributed by atoms with Crippen LogP contribution in [0.1, 0.15) is 38.8 Å². The largest absolute Gasteiger partial charge is 0.494 e. The van der Waals surface area contributed by atoms with Gasteiger partial charge < -0.3 is 35.0 Å². The number of ether oxygens (including phenoxy) is 2. The Hall–Kier alpha value is -6.49. The summed E-state index contributed by atoms with van der Waals surface area (Å²) in [5.74, 6) is 1.78. The lowest BCUT2D eigenvalue weighted by Gasteiger charge is -2.25. The van der Waals surface area contributed by atoms with Gasteiger partial charge in [0.05, 0.1) is 68.9 Å². The summed E-state index contributed by atoms with van der Waals surface area (Å²) in [7, 11) is -4.38. The molecule has 0 amide bonds. The summed E-state index contributed by atoms with van der Waals surface area (Å²) < 4.78 is 72.5. The van der Waals surface area contributed by atoms with Crippen LogP contribution in [0, 0.1) is 13.8 Å². The van der Waals surface area contributed by atoms with Gasteiger partial charge in [0.2, 0.25) is 22.2 Å². The zero-order valence-corrected chi connectivity index (χ0v) is 43.2. The summed E-state index contributed by atoms with van der Waals surface area (Å²) in [5.41, 5.74) is 6.07. The van der Waals surface area contributed by atoms with E-state index in [9.17, 15) is 18.1 Å². The van der Waals surface area contributed by atoms with Gasteiger partial charge in [-0.15, -0.1) is 33.1 Å². The number of aliphatic hydroxyl groups excluding tert-OH is 1. The molecule has 4 N–H and O–H groups in total. The maximum absolute atomic E-state index is 12.0. The molecule has 0 saturated carbocycles. The van der Waals surface area contributed by atoms with Gasteiger partial charge in [-0.3, -0.25) is 4.55 Å². The van der Waals surface area contributed by atoms with Gasteiger partial charge in [-0.05, 0) is 89.1 Å². The minimum atomic E-state index is -4.46. The van der Waals surface area contributed by atoms with Gasteiger partial charge in [-0.25, -0.2) is 9.97 Å². The number of azo groups is 2. The van der Waals surface area contributed by atoms with Crippen LogP contribution in [0.2, 0.25) is 0 Å². The van der Waals surface area contributed by atoms with Crippen LogP contribution >= 0.6 is 34.4 Å². The van der Waals surface area contributed by atoms with Crippen molar-refractivity contribution in [2.45, 2.75) is 51.6 Å². The van der Waals surface area contributed by atoms with E-state index < -0.39 is 20.7 Å². The van der Waals surface area contributed by atoms with Gasteiger partial charge in [-0.1, -0.05) is 40.5 Å². The number of hydrogen-bond donors (Lipinski definition) is 4. The molecular formula is C43H49N13O9S5. The van der Waals surface area contributed by atoms with Crippen LogP contribution in [0.25, 0.3) is 20.4 Å². The normalized spacial score (nSPS) is 11.6. The number of nitrogens with zero attached hydrogens (tertiary/aromatic N) is 11. The van der Waals surface area contributed by atoms with Crippen molar-refractivity contribution in [3.05, 3.63) is 65.7 Å². The van der Waals surface area contributed by atoms with Gasteiger partial charge in [0.25, 0.3) is 10.1 Å². The van der Waals surface area contributed by atoms with Gasteiger partial charge in [0.1, 0.15) is 22.9 Å². The predicted octanol–water partition coefficient (Wildman–Crippen LogP) is 10.1. The van der Waals surface area contributed by atoms with Crippen LogP contribution < -0.4 is 29.9 Å². The van der Waals surface area contributed by atoms with E-state index in [0.29, 0.717) is 92.2 Å². The second-order valence-corrected chi connectivity index (χ2v) is 19.5. The van der Waals surface area contributed by atoms with Crippen LogP contribution in [-0.4, -0.2) is 108 Å². The molecule has 7 aromatic rings. The number of aliphatic hydroxyl groups is 1. The zero-order valence-electron chi connectivity index (χ0n) is 39.2. The van der Waals surface area contributed by atoms with E-state index in [-0.39, 0.29) is 28.5 Å². The number of anilines is 6. The molecule has 0 saturated heterocycles. The molecule has 7 rings (SSSR count). The van der Waals surface area contributed by atoms with Crippen molar-refractivity contribution in [3.63, 3.8) is 0 Å². The Kier molecular flexibility index (Phi) is 18.0. The molecule has 70 heavy (non-hydrogen) atoms. The summed E-state index contributed by atoms with van der Waals surface area (Å²) in [6, 6.07) is 16.3. The number of aryl methyl sites for hydroxylation is 2. The molecule has 0 atom stereocenters. The molecule has 370 valence electrons. The summed E-state index contributed by atoms with van der Waals surface area (Å²) >= 11 is 3.89. The number of fused-ring (bicyclic) bond motifs is 2. The van der Waals surface area contributed by atoms with Crippen molar-refractivity contribution in [1.29, 1.82) is 0 Å². The summed E-state index contributed by atoms with van der Waals surface area (Å²) in [4.78, 5) is 27.5. The third-order valence-electron chi connectivity index (χ3n) is 10.2. The molecule has 0 bridgehead atoms. The van der Waals surface area contributed by atoms with E-state index >= 15 is 0 Å². The number of thiazole rings is 2. The predicted molar refractivity (Wildman–Crippen MR) is 274 cm³/mol. The van der Waals surface area contributed by atoms with Crippen LogP contribution in [0.3, 0.4) is 0 Å². The Balaban J connectivity index is 0.00000193. The van der Waals surface area contributed by atoms with Crippen LogP contribution in [0.5, 0.6) is 11.5 Å². The van der Waals surface area contributed by atoms with E-state index in [1.807, 2.05) is 51.1 Å². The first-order valence-electron chi connectivity index (χ1n) is 21.3. The molecule has 0 spiro atoms. The number of methoxy groups -OCH3 is 2. The number of rotatable bonds is 20. The Bertz CT molecular complexity index is 3290. The molecule has 0 unspecified atom stereocenters. The fourth-order valence-corrected chi connectivity index (χ4v) is 10.0. The smallest absolute Gasteiger partial charge is 0.425 e. The zero-order chi connectivity index (χ0) is 50.7. The van der Waals surface area contributed by atoms with E-state index in [1.54, 1.807) is 33.3 Å². The fourth-order valence-electron chi connectivity index (χ4n) is 6.96. The number of nitrogens with one attached hydrogen (secondary N) is 2. The van der Waals surface area contributed by atoms with Crippen molar-refractivity contribution in [1.82, 2.24) is 24.9 Å². The molecule has 0 aliphatic heterocycles. The van der Waals surface area contributed by atoms with Crippen molar-refractivity contribution in [2.24, 2.45) is 20.5 Å². The molecule has 0 fully saturated rings. The first-order chi connectivity index (χ1) is 33.5.